The number of likely N-dealkylation sites (tertiary alicyclic amines) is 1. The summed E-state index contributed by atoms with van der Waals surface area (Å²) in [5.41, 5.74) is 2.27. The highest BCUT2D eigenvalue weighted by Gasteiger charge is 2.70. The summed E-state index contributed by atoms with van der Waals surface area (Å²) in [5, 5.41) is 13.0. The van der Waals surface area contributed by atoms with Crippen LogP contribution in [0, 0.1) is 5.92 Å². The first-order valence-corrected chi connectivity index (χ1v) is 18.1. The van der Waals surface area contributed by atoms with E-state index in [1.807, 2.05) is 45.0 Å². The first-order valence-electron chi connectivity index (χ1n) is 18.1. The Balaban J connectivity index is 0.00000205. The Morgan fingerprint density at radius 1 is 0.980 bits per heavy atom. The number of nitrogens with zero attached hydrogens (tertiary/aromatic N) is 5. The SMILES string of the molecule is CC.CCCCOc1ccc(CN2C[C@H]3CC(c4ccc(N(C)C)c5ccccc45)N4C(=O)N(CCN5CCOCC5)C(=O)[C@]34C2)cc1O. The largest absolute Gasteiger partial charge is 0.504 e. The molecule has 10 nitrogen and oxygen atoms in total. The Morgan fingerprint density at radius 3 is 2.45 bits per heavy atom. The second-order valence-electron chi connectivity index (χ2n) is 13.7. The smallest absolute Gasteiger partial charge is 0.328 e. The van der Waals surface area contributed by atoms with Gasteiger partial charge < -0.3 is 24.4 Å². The quantitative estimate of drug-likeness (QED) is 0.204. The van der Waals surface area contributed by atoms with Gasteiger partial charge in [-0.1, -0.05) is 63.6 Å². The van der Waals surface area contributed by atoms with Gasteiger partial charge in [-0.25, -0.2) is 4.79 Å². The minimum Gasteiger partial charge on any atom is -0.504 e. The predicted molar refractivity (Wildman–Crippen MR) is 193 cm³/mol. The third-order valence-electron chi connectivity index (χ3n) is 10.6. The number of anilines is 1. The summed E-state index contributed by atoms with van der Waals surface area (Å²) in [6.45, 7) is 12.4. The zero-order valence-electron chi connectivity index (χ0n) is 29.9. The zero-order chi connectivity index (χ0) is 34.7. The van der Waals surface area contributed by atoms with Crippen LogP contribution in [-0.4, -0.2) is 115 Å². The molecule has 4 fully saturated rings. The molecule has 7 rings (SSSR count). The molecule has 4 heterocycles. The lowest BCUT2D eigenvalue weighted by Gasteiger charge is -2.32. The molecule has 1 unspecified atom stereocenters. The standard InChI is InChI=1S/C37H47N5O5.C2H6/c1-4-5-18-47-34-13-10-26(21-33(34)43)23-40-24-27-22-32(30-11-12-31(38(2)3)29-9-7-6-8-28(29)30)42-36(45)41(35(44)37(27,42)25-40)15-14-39-16-19-46-20-17-39;1-2/h6-13,21,27,32,43H,4-5,14-20,22-25H2,1-3H3;1-2H3/t27-,32?,37+;/m1./s1. The molecule has 4 aliphatic rings. The summed E-state index contributed by atoms with van der Waals surface area (Å²) >= 11 is 0. The van der Waals surface area contributed by atoms with E-state index < -0.39 is 5.54 Å². The van der Waals surface area contributed by atoms with Gasteiger partial charge in [0.1, 0.15) is 5.54 Å². The molecule has 0 saturated carbocycles. The number of urea groups is 1. The van der Waals surface area contributed by atoms with E-state index in [4.69, 9.17) is 9.47 Å². The molecule has 4 aliphatic heterocycles. The summed E-state index contributed by atoms with van der Waals surface area (Å²) in [6, 6.07) is 17.9. The summed E-state index contributed by atoms with van der Waals surface area (Å²) in [7, 11) is 4.10. The number of morpholine rings is 1. The Hall–Kier alpha value is -3.86. The van der Waals surface area contributed by atoms with E-state index in [1.165, 1.54) is 4.90 Å². The van der Waals surface area contributed by atoms with Gasteiger partial charge in [0.05, 0.1) is 25.9 Å². The highest BCUT2D eigenvalue weighted by molar-refractivity contribution is 6.09. The van der Waals surface area contributed by atoms with E-state index >= 15 is 0 Å². The van der Waals surface area contributed by atoms with E-state index in [-0.39, 0.29) is 29.6 Å². The first-order chi connectivity index (χ1) is 23.8. The van der Waals surface area contributed by atoms with Gasteiger partial charge in [0.15, 0.2) is 11.5 Å². The van der Waals surface area contributed by atoms with Crippen molar-refractivity contribution in [1.82, 2.24) is 19.6 Å². The van der Waals surface area contributed by atoms with Crippen molar-refractivity contribution < 1.29 is 24.2 Å². The first kappa shape index (κ1) is 35.0. The minimum absolute atomic E-state index is 0.00475. The van der Waals surface area contributed by atoms with Crippen LogP contribution in [0.2, 0.25) is 0 Å². The van der Waals surface area contributed by atoms with E-state index in [1.54, 1.807) is 6.07 Å². The van der Waals surface area contributed by atoms with Crippen LogP contribution >= 0.6 is 0 Å². The van der Waals surface area contributed by atoms with Crippen LogP contribution in [-0.2, 0) is 16.1 Å². The number of benzene rings is 3. The number of hydrogen-bond donors (Lipinski definition) is 1. The lowest BCUT2D eigenvalue weighted by Crippen LogP contribution is -2.51. The average molecular weight is 672 g/mol. The van der Waals surface area contributed by atoms with E-state index in [2.05, 4.69) is 58.0 Å². The molecule has 0 aromatic heterocycles. The molecule has 264 valence electrons. The van der Waals surface area contributed by atoms with Crippen LogP contribution < -0.4 is 9.64 Å². The van der Waals surface area contributed by atoms with Crippen molar-refractivity contribution in [2.45, 2.75) is 58.2 Å². The molecule has 0 aliphatic carbocycles. The Bertz CT molecular complexity index is 1640. The number of phenolic OH excluding ortho intramolecular Hbond substituents is 1. The second kappa shape index (κ2) is 14.9. The minimum atomic E-state index is -0.917. The molecular weight excluding hydrogens is 618 g/mol. The fraction of sp³-hybridized carbons (Fsp3) is 0.538. The van der Waals surface area contributed by atoms with Crippen molar-refractivity contribution in [3.8, 4) is 11.5 Å². The summed E-state index contributed by atoms with van der Waals surface area (Å²) in [5.74, 6) is 0.553. The summed E-state index contributed by atoms with van der Waals surface area (Å²) in [6.07, 6.45) is 2.69. The number of aromatic hydroxyl groups is 1. The van der Waals surface area contributed by atoms with Crippen molar-refractivity contribution in [2.75, 3.05) is 78.1 Å². The summed E-state index contributed by atoms with van der Waals surface area (Å²) < 4.78 is 11.3. The van der Waals surface area contributed by atoms with Gasteiger partial charge in [0.25, 0.3) is 5.91 Å². The fourth-order valence-corrected chi connectivity index (χ4v) is 8.30. The Morgan fingerprint density at radius 2 is 1.73 bits per heavy atom. The number of hydrogen-bond acceptors (Lipinski definition) is 8. The second-order valence-corrected chi connectivity index (χ2v) is 13.7. The molecular formula is C39H53N5O5. The topological polar surface area (TPSA) is 89.0 Å². The molecule has 49 heavy (non-hydrogen) atoms. The van der Waals surface area contributed by atoms with Gasteiger partial charge in [0, 0.05) is 76.9 Å². The Labute approximate surface area is 291 Å². The number of rotatable bonds is 11. The highest BCUT2D eigenvalue weighted by Crippen LogP contribution is 2.56. The third-order valence-corrected chi connectivity index (χ3v) is 10.6. The number of unbranched alkanes of at least 4 members (excludes halogenated alkanes) is 1. The number of imide groups is 1. The van der Waals surface area contributed by atoms with E-state index in [9.17, 15) is 14.7 Å². The van der Waals surface area contributed by atoms with Gasteiger partial charge >= 0.3 is 6.03 Å². The van der Waals surface area contributed by atoms with E-state index in [0.717, 1.165) is 59.9 Å². The number of carbonyl (C=O) groups is 2. The van der Waals surface area contributed by atoms with Gasteiger partial charge in [-0.3, -0.25) is 19.5 Å². The molecule has 0 radical (unpaired) electrons. The zero-order valence-corrected chi connectivity index (χ0v) is 29.9. The lowest BCUT2D eigenvalue weighted by molar-refractivity contribution is -0.133. The van der Waals surface area contributed by atoms with Gasteiger partial charge in [-0.15, -0.1) is 0 Å². The third kappa shape index (κ3) is 6.46. The van der Waals surface area contributed by atoms with Crippen LogP contribution in [0.4, 0.5) is 10.5 Å². The maximum absolute atomic E-state index is 14.6. The van der Waals surface area contributed by atoms with Crippen LogP contribution in [0.3, 0.4) is 0 Å². The molecule has 4 saturated heterocycles. The maximum atomic E-state index is 14.6. The van der Waals surface area contributed by atoms with Crippen molar-refractivity contribution >= 4 is 28.4 Å². The van der Waals surface area contributed by atoms with Crippen LogP contribution in [0.5, 0.6) is 11.5 Å². The number of carbonyl (C=O) groups excluding carboxylic acids is 2. The monoisotopic (exact) mass is 671 g/mol. The molecule has 1 N–H and O–H groups in total. The summed E-state index contributed by atoms with van der Waals surface area (Å²) in [4.78, 5) is 39.2. The van der Waals surface area contributed by atoms with E-state index in [0.29, 0.717) is 58.3 Å². The average Bonchev–Trinajstić information content (AvgIpc) is 3.69. The van der Waals surface area contributed by atoms with Crippen molar-refractivity contribution in [1.29, 1.82) is 0 Å². The Kier molecular flexibility index (Phi) is 10.7. The molecule has 1 spiro atoms. The number of fused-ring (bicyclic) bond motifs is 1. The molecule has 3 aromatic rings. The maximum Gasteiger partial charge on any atom is 0.328 e. The highest BCUT2D eigenvalue weighted by atomic mass is 16.5. The van der Waals surface area contributed by atoms with Gasteiger partial charge in [0.2, 0.25) is 0 Å². The van der Waals surface area contributed by atoms with Crippen LogP contribution in [0.1, 0.15) is 57.2 Å². The van der Waals surface area contributed by atoms with Crippen molar-refractivity contribution in [2.24, 2.45) is 5.92 Å². The number of ether oxygens (including phenoxy) is 2. The van der Waals surface area contributed by atoms with Crippen LogP contribution in [0.25, 0.3) is 10.8 Å². The molecule has 0 bridgehead atoms. The lowest BCUT2D eigenvalue weighted by atomic mass is 9.87. The van der Waals surface area contributed by atoms with Crippen LogP contribution in [0.15, 0.2) is 54.6 Å². The number of amides is 3. The number of phenols is 1. The van der Waals surface area contributed by atoms with Gasteiger partial charge in [-0.05, 0) is 47.6 Å². The normalized spacial score (nSPS) is 23.9. The fourth-order valence-electron chi connectivity index (χ4n) is 8.30. The molecule has 3 atom stereocenters. The van der Waals surface area contributed by atoms with Gasteiger partial charge in [-0.2, -0.15) is 0 Å². The molecule has 3 aromatic carbocycles. The van der Waals surface area contributed by atoms with Crippen molar-refractivity contribution in [3.05, 3.63) is 65.7 Å². The van der Waals surface area contributed by atoms with Crippen molar-refractivity contribution in [3.63, 3.8) is 0 Å². The molecule has 3 amide bonds. The molecule has 10 heteroatoms. The predicted octanol–water partition coefficient (Wildman–Crippen LogP) is 5.73.